The number of anilines is 2. The van der Waals surface area contributed by atoms with Crippen LogP contribution in [0, 0.1) is 0 Å². The molecule has 1 aliphatic rings. The zero-order valence-corrected chi connectivity index (χ0v) is 20.0. The van der Waals surface area contributed by atoms with E-state index in [0.29, 0.717) is 24.5 Å². The predicted molar refractivity (Wildman–Crippen MR) is 138 cm³/mol. The quantitative estimate of drug-likeness (QED) is 0.300. The Morgan fingerprint density at radius 3 is 2.62 bits per heavy atom. The third-order valence-electron chi connectivity index (χ3n) is 6.66. The van der Waals surface area contributed by atoms with Crippen molar-refractivity contribution in [3.05, 3.63) is 97.0 Å². The van der Waals surface area contributed by atoms with Crippen LogP contribution in [0.4, 0.5) is 24.5 Å². The Kier molecular flexibility index (Phi) is 6.65. The van der Waals surface area contributed by atoms with Gasteiger partial charge in [-0.2, -0.15) is 13.2 Å². The van der Waals surface area contributed by atoms with Crippen molar-refractivity contribution in [2.45, 2.75) is 24.9 Å². The highest BCUT2D eigenvalue weighted by Gasteiger charge is 2.30. The summed E-state index contributed by atoms with van der Waals surface area (Å²) in [4.78, 5) is 22.8. The molecule has 1 amide bonds. The fourth-order valence-electron chi connectivity index (χ4n) is 4.89. The Balaban J connectivity index is 1.50. The number of carbonyl (C=O) groups is 1. The number of nitrogens with zero attached hydrogens (tertiary/aromatic N) is 3. The fourth-order valence-corrected chi connectivity index (χ4v) is 4.89. The minimum absolute atomic E-state index is 0.0758. The summed E-state index contributed by atoms with van der Waals surface area (Å²) >= 11 is 0. The van der Waals surface area contributed by atoms with Gasteiger partial charge in [-0.3, -0.25) is 4.79 Å². The van der Waals surface area contributed by atoms with Crippen molar-refractivity contribution in [1.29, 1.82) is 0 Å². The summed E-state index contributed by atoms with van der Waals surface area (Å²) in [7, 11) is 0. The number of likely N-dealkylation sites (tertiary alicyclic amines) is 1. The van der Waals surface area contributed by atoms with Gasteiger partial charge in [0.15, 0.2) is 0 Å². The lowest BCUT2D eigenvalue weighted by Gasteiger charge is -2.33. The number of aromatic nitrogens is 2. The highest BCUT2D eigenvalue weighted by molar-refractivity contribution is 5.89. The molecule has 5 nitrogen and oxygen atoms in total. The molecule has 1 unspecified atom stereocenters. The number of amides is 1. The molecule has 1 saturated heterocycles. The Labute approximate surface area is 212 Å². The van der Waals surface area contributed by atoms with Crippen LogP contribution in [0.15, 0.2) is 85.8 Å². The summed E-state index contributed by atoms with van der Waals surface area (Å²) in [6.07, 6.45) is 2.06. The number of hydrogen-bond donors (Lipinski definition) is 1. The second-order valence-corrected chi connectivity index (χ2v) is 9.14. The van der Waals surface area contributed by atoms with Crippen molar-refractivity contribution in [2.24, 2.45) is 0 Å². The van der Waals surface area contributed by atoms with Crippen LogP contribution in [0.3, 0.4) is 0 Å². The van der Waals surface area contributed by atoms with E-state index in [1.807, 2.05) is 35.2 Å². The van der Waals surface area contributed by atoms with Crippen molar-refractivity contribution in [1.82, 2.24) is 14.9 Å². The first kappa shape index (κ1) is 24.5. The minimum atomic E-state index is -4.41. The standard InChI is InChI=1S/C29H25F3N4O/c1-2-27(37)36-11-5-7-20(17-36)26-14-21(12-22-16-33-18-34-28(22)26)19-6-3-9-24(13-19)35-25-10-4-8-23(15-25)29(30,31)32/h2-4,6,8-10,12-16,18,20,35H,1,5,7,11,17H2. The number of benzene rings is 3. The number of fused-ring (bicyclic) bond motifs is 1. The molecule has 0 spiro atoms. The van der Waals surface area contributed by atoms with Crippen molar-refractivity contribution in [2.75, 3.05) is 18.4 Å². The molecule has 1 atom stereocenters. The van der Waals surface area contributed by atoms with Crippen molar-refractivity contribution < 1.29 is 18.0 Å². The first-order chi connectivity index (χ1) is 17.8. The summed E-state index contributed by atoms with van der Waals surface area (Å²) in [6, 6.07) is 16.8. The molecule has 2 heterocycles. The van der Waals surface area contributed by atoms with Crippen LogP contribution >= 0.6 is 0 Å². The lowest BCUT2D eigenvalue weighted by atomic mass is 9.87. The molecule has 4 aromatic rings. The molecule has 188 valence electrons. The van der Waals surface area contributed by atoms with E-state index >= 15 is 0 Å². The minimum Gasteiger partial charge on any atom is -0.355 e. The van der Waals surface area contributed by atoms with Crippen LogP contribution in [0.5, 0.6) is 0 Å². The van der Waals surface area contributed by atoms with Gasteiger partial charge in [-0.05, 0) is 78.1 Å². The highest BCUT2D eigenvalue weighted by atomic mass is 19.4. The van der Waals surface area contributed by atoms with Crippen molar-refractivity contribution in [3.8, 4) is 11.1 Å². The van der Waals surface area contributed by atoms with Gasteiger partial charge in [0.05, 0.1) is 11.1 Å². The third-order valence-corrected chi connectivity index (χ3v) is 6.66. The zero-order valence-electron chi connectivity index (χ0n) is 20.0. The van der Waals surface area contributed by atoms with Gasteiger partial charge >= 0.3 is 6.18 Å². The van der Waals surface area contributed by atoms with Gasteiger partial charge in [0.2, 0.25) is 5.91 Å². The van der Waals surface area contributed by atoms with Gasteiger partial charge in [0.1, 0.15) is 6.33 Å². The average Bonchev–Trinajstić information content (AvgIpc) is 2.92. The predicted octanol–water partition coefficient (Wildman–Crippen LogP) is 6.95. The second kappa shape index (κ2) is 10.0. The van der Waals surface area contributed by atoms with Gasteiger partial charge in [-0.15, -0.1) is 0 Å². The lowest BCUT2D eigenvalue weighted by molar-refractivity contribution is -0.137. The topological polar surface area (TPSA) is 58.1 Å². The number of piperidine rings is 1. The van der Waals surface area contributed by atoms with E-state index in [-0.39, 0.29) is 11.8 Å². The molecule has 1 fully saturated rings. The molecular formula is C29H25F3N4O. The lowest BCUT2D eigenvalue weighted by Crippen LogP contribution is -2.38. The number of halogens is 3. The summed E-state index contributed by atoms with van der Waals surface area (Å²) in [5.41, 5.74) is 4.07. The number of nitrogens with one attached hydrogen (secondary N) is 1. The van der Waals surface area contributed by atoms with Gasteiger partial charge in [-0.25, -0.2) is 9.97 Å². The molecule has 0 saturated carbocycles. The normalized spacial score (nSPS) is 16.0. The maximum atomic E-state index is 13.1. The van der Waals surface area contributed by atoms with E-state index < -0.39 is 11.7 Å². The first-order valence-electron chi connectivity index (χ1n) is 12.0. The first-order valence-corrected chi connectivity index (χ1v) is 12.0. The highest BCUT2D eigenvalue weighted by Crippen LogP contribution is 2.36. The van der Waals surface area contributed by atoms with Crippen LogP contribution in [0.2, 0.25) is 0 Å². The molecule has 37 heavy (non-hydrogen) atoms. The number of rotatable bonds is 5. The van der Waals surface area contributed by atoms with E-state index in [1.165, 1.54) is 18.5 Å². The van der Waals surface area contributed by atoms with E-state index in [0.717, 1.165) is 52.6 Å². The monoisotopic (exact) mass is 502 g/mol. The van der Waals surface area contributed by atoms with Gasteiger partial charge in [0, 0.05) is 42.0 Å². The van der Waals surface area contributed by atoms with Crippen LogP contribution in [-0.4, -0.2) is 33.9 Å². The molecule has 5 rings (SSSR count). The van der Waals surface area contributed by atoms with E-state index in [1.54, 1.807) is 12.3 Å². The molecule has 0 bridgehead atoms. The van der Waals surface area contributed by atoms with E-state index in [4.69, 9.17) is 0 Å². The van der Waals surface area contributed by atoms with Gasteiger partial charge in [0.25, 0.3) is 0 Å². The van der Waals surface area contributed by atoms with Gasteiger partial charge < -0.3 is 10.2 Å². The SMILES string of the molecule is C=CC(=O)N1CCCC(c2cc(-c3cccc(Nc4cccc(C(F)(F)F)c4)c3)cc3cncnc23)C1. The van der Waals surface area contributed by atoms with Crippen molar-refractivity contribution >= 4 is 28.2 Å². The van der Waals surface area contributed by atoms with E-state index in [9.17, 15) is 18.0 Å². The summed E-state index contributed by atoms with van der Waals surface area (Å²) in [5.74, 6) is 0.0366. The Hall–Kier alpha value is -4.20. The maximum absolute atomic E-state index is 13.1. The van der Waals surface area contributed by atoms with Crippen LogP contribution < -0.4 is 5.32 Å². The number of alkyl halides is 3. The summed E-state index contributed by atoms with van der Waals surface area (Å²) in [5, 5.41) is 3.98. The summed E-state index contributed by atoms with van der Waals surface area (Å²) < 4.78 is 39.4. The maximum Gasteiger partial charge on any atom is 0.416 e. The Bertz CT molecular complexity index is 1470. The molecular weight excluding hydrogens is 477 g/mol. The second-order valence-electron chi connectivity index (χ2n) is 9.14. The third kappa shape index (κ3) is 5.33. The van der Waals surface area contributed by atoms with Crippen LogP contribution in [0.25, 0.3) is 22.0 Å². The molecule has 1 aromatic heterocycles. The average molecular weight is 503 g/mol. The Morgan fingerprint density at radius 2 is 1.84 bits per heavy atom. The van der Waals surface area contributed by atoms with Gasteiger partial charge in [-0.1, -0.05) is 24.8 Å². The smallest absolute Gasteiger partial charge is 0.355 e. The fraction of sp³-hybridized carbons (Fsp3) is 0.207. The number of hydrogen-bond acceptors (Lipinski definition) is 4. The molecule has 1 N–H and O–H groups in total. The van der Waals surface area contributed by atoms with Crippen molar-refractivity contribution in [3.63, 3.8) is 0 Å². The Morgan fingerprint density at radius 1 is 1.05 bits per heavy atom. The molecule has 0 radical (unpaired) electrons. The molecule has 8 heteroatoms. The zero-order chi connectivity index (χ0) is 26.0. The summed E-state index contributed by atoms with van der Waals surface area (Å²) in [6.45, 7) is 4.91. The molecule has 3 aromatic carbocycles. The van der Waals surface area contributed by atoms with E-state index in [2.05, 4.69) is 27.9 Å². The molecule has 0 aliphatic carbocycles. The largest absolute Gasteiger partial charge is 0.416 e. The van der Waals surface area contributed by atoms with Crippen LogP contribution in [-0.2, 0) is 11.0 Å². The molecule has 1 aliphatic heterocycles. The van der Waals surface area contributed by atoms with Crippen LogP contribution in [0.1, 0.15) is 29.9 Å². The number of carbonyl (C=O) groups excluding carboxylic acids is 1.